The highest BCUT2D eigenvalue weighted by Crippen LogP contribution is 2.23. The first-order chi connectivity index (χ1) is 12.5. The van der Waals surface area contributed by atoms with E-state index in [0.29, 0.717) is 22.9 Å². The summed E-state index contributed by atoms with van der Waals surface area (Å²) in [5, 5.41) is 20.0. The fraction of sp³-hybridized carbons (Fsp3) is 0.474. The lowest BCUT2D eigenvalue weighted by atomic mass is 10.1. The molecule has 0 heterocycles. The number of carbonyl (C=O) groups is 2. The summed E-state index contributed by atoms with van der Waals surface area (Å²) in [5.41, 5.74) is 0.0466. The zero-order valence-electron chi connectivity index (χ0n) is 15.4. The summed E-state index contributed by atoms with van der Waals surface area (Å²) in [4.78, 5) is 23.0. The van der Waals surface area contributed by atoms with Crippen molar-refractivity contribution in [2.75, 3.05) is 6.61 Å². The summed E-state index contributed by atoms with van der Waals surface area (Å²) in [7, 11) is 0. The molecule has 0 aliphatic rings. The Kier molecular flexibility index (Phi) is 9.26. The Hall–Kier alpha value is -1.60. The number of aliphatic hydroxyl groups excluding tert-OH is 1. The van der Waals surface area contributed by atoms with Gasteiger partial charge in [0.1, 0.15) is 5.60 Å². The van der Waals surface area contributed by atoms with Crippen LogP contribution in [0.5, 0.6) is 0 Å². The molecule has 0 unspecified atom stereocenters. The molecule has 0 radical (unpaired) electrons. The van der Waals surface area contributed by atoms with E-state index in [2.05, 4.69) is 0 Å². The molecule has 0 saturated heterocycles. The molecule has 1 rings (SSSR count). The Morgan fingerprint density at radius 2 is 1.89 bits per heavy atom. The summed E-state index contributed by atoms with van der Waals surface area (Å²) in [6, 6.07) is 5.25. The fourth-order valence-electron chi connectivity index (χ4n) is 2.03. The highest BCUT2D eigenvalue weighted by Gasteiger charge is 2.36. The van der Waals surface area contributed by atoms with Crippen molar-refractivity contribution in [3.8, 4) is 0 Å². The summed E-state index contributed by atoms with van der Waals surface area (Å²) >= 11 is 11.8. The molecule has 0 bridgehead atoms. The Morgan fingerprint density at radius 1 is 1.22 bits per heavy atom. The van der Waals surface area contributed by atoms with Crippen molar-refractivity contribution in [3.63, 3.8) is 0 Å². The zero-order chi connectivity index (χ0) is 20.6. The van der Waals surface area contributed by atoms with E-state index in [-0.39, 0.29) is 6.61 Å². The van der Waals surface area contributed by atoms with Gasteiger partial charge in [-0.05, 0) is 51.3 Å². The zero-order valence-corrected chi connectivity index (χ0v) is 17.0. The topological polar surface area (TPSA) is 93.1 Å². The monoisotopic (exact) mass is 418 g/mol. The van der Waals surface area contributed by atoms with Gasteiger partial charge in [-0.1, -0.05) is 41.4 Å². The van der Waals surface area contributed by atoms with E-state index in [0.717, 1.165) is 5.56 Å². The van der Waals surface area contributed by atoms with Crippen LogP contribution in [0.25, 0.3) is 6.08 Å². The maximum Gasteiger partial charge on any atom is 0.338 e. The highest BCUT2D eigenvalue weighted by atomic mass is 35.5. The van der Waals surface area contributed by atoms with Gasteiger partial charge < -0.3 is 19.7 Å². The number of carboxylic acid groups (broad SMARTS) is 1. The summed E-state index contributed by atoms with van der Waals surface area (Å²) in [5.74, 6) is -2.46. The first-order valence-corrected chi connectivity index (χ1v) is 9.14. The van der Waals surface area contributed by atoms with Crippen LogP contribution in [0.4, 0.5) is 0 Å². The van der Waals surface area contributed by atoms with Crippen molar-refractivity contribution in [2.24, 2.45) is 0 Å². The van der Waals surface area contributed by atoms with Gasteiger partial charge in [0.25, 0.3) is 0 Å². The van der Waals surface area contributed by atoms with Gasteiger partial charge in [-0.25, -0.2) is 9.59 Å². The molecule has 0 amide bonds. The SMILES string of the molecule is CC(C)(C)OC(=O)[C@H](O)[C@@H](OCCC/C=C/c1ccc(Cl)c(Cl)c1)C(=O)O. The molecule has 0 spiro atoms. The molecule has 0 saturated carbocycles. The maximum absolute atomic E-state index is 11.8. The van der Waals surface area contributed by atoms with Crippen molar-refractivity contribution < 1.29 is 29.3 Å². The van der Waals surface area contributed by atoms with Crippen LogP contribution in [0, 0.1) is 0 Å². The predicted octanol–water partition coefficient (Wildman–Crippen LogP) is 3.96. The van der Waals surface area contributed by atoms with Crippen molar-refractivity contribution in [1.29, 1.82) is 0 Å². The average Bonchev–Trinajstić information content (AvgIpc) is 2.54. The molecule has 0 fully saturated rings. The normalized spacial score (nSPS) is 14.1. The maximum atomic E-state index is 11.8. The number of carbonyl (C=O) groups excluding carboxylic acids is 1. The van der Waals surface area contributed by atoms with Crippen LogP contribution in [0.1, 0.15) is 39.2 Å². The van der Waals surface area contributed by atoms with Crippen LogP contribution >= 0.6 is 23.2 Å². The number of hydrogen-bond donors (Lipinski definition) is 2. The Labute approximate surface area is 168 Å². The van der Waals surface area contributed by atoms with Crippen LogP contribution in [-0.2, 0) is 19.1 Å². The van der Waals surface area contributed by atoms with E-state index in [1.807, 2.05) is 18.2 Å². The van der Waals surface area contributed by atoms with Gasteiger partial charge in [0.15, 0.2) is 12.2 Å². The Balaban J connectivity index is 2.46. The number of carboxylic acids is 1. The number of aliphatic hydroxyl groups is 1. The third kappa shape index (κ3) is 8.75. The van der Waals surface area contributed by atoms with E-state index in [9.17, 15) is 14.7 Å². The molecular formula is C19H24Cl2O6. The van der Waals surface area contributed by atoms with E-state index < -0.39 is 29.7 Å². The van der Waals surface area contributed by atoms with Crippen molar-refractivity contribution in [3.05, 3.63) is 39.9 Å². The van der Waals surface area contributed by atoms with Crippen LogP contribution in [0.3, 0.4) is 0 Å². The van der Waals surface area contributed by atoms with Gasteiger partial charge in [0.2, 0.25) is 0 Å². The molecule has 1 aromatic rings. The number of allylic oxidation sites excluding steroid dienone is 1. The largest absolute Gasteiger partial charge is 0.479 e. The minimum absolute atomic E-state index is 0.0581. The number of aliphatic carboxylic acids is 1. The van der Waals surface area contributed by atoms with Gasteiger partial charge in [-0.15, -0.1) is 0 Å². The highest BCUT2D eigenvalue weighted by molar-refractivity contribution is 6.42. The smallest absolute Gasteiger partial charge is 0.338 e. The van der Waals surface area contributed by atoms with Crippen molar-refractivity contribution in [1.82, 2.24) is 0 Å². The summed E-state index contributed by atoms with van der Waals surface area (Å²) in [6.07, 6.45) is 1.26. The van der Waals surface area contributed by atoms with E-state index >= 15 is 0 Å². The lowest BCUT2D eigenvalue weighted by molar-refractivity contribution is -0.181. The molecular weight excluding hydrogens is 395 g/mol. The minimum atomic E-state index is -1.89. The van der Waals surface area contributed by atoms with Crippen LogP contribution in [0.2, 0.25) is 10.0 Å². The standard InChI is InChI=1S/C19H24Cl2O6/c1-19(2,3)27-18(25)15(22)16(17(23)24)26-10-6-4-5-7-12-8-9-13(20)14(21)11-12/h5,7-9,11,15-16,22H,4,6,10H2,1-3H3,(H,23,24)/b7-5+/t15-,16-/m1/s1. The molecule has 8 heteroatoms. The number of ether oxygens (including phenoxy) is 2. The number of halogens is 2. The Bertz CT molecular complexity index is 681. The number of hydrogen-bond acceptors (Lipinski definition) is 5. The second kappa shape index (κ2) is 10.7. The minimum Gasteiger partial charge on any atom is -0.479 e. The van der Waals surface area contributed by atoms with Crippen LogP contribution in [0.15, 0.2) is 24.3 Å². The lowest BCUT2D eigenvalue weighted by Crippen LogP contribution is -2.44. The predicted molar refractivity (Wildman–Crippen MR) is 104 cm³/mol. The van der Waals surface area contributed by atoms with Crippen molar-refractivity contribution in [2.45, 2.75) is 51.4 Å². The first-order valence-electron chi connectivity index (χ1n) is 8.38. The third-order valence-corrected chi connectivity index (χ3v) is 3.98. The van der Waals surface area contributed by atoms with Crippen molar-refractivity contribution >= 4 is 41.2 Å². The van der Waals surface area contributed by atoms with Gasteiger partial charge in [0.05, 0.1) is 10.0 Å². The van der Waals surface area contributed by atoms with Gasteiger partial charge in [-0.3, -0.25) is 0 Å². The summed E-state index contributed by atoms with van der Waals surface area (Å²) < 4.78 is 10.1. The summed E-state index contributed by atoms with van der Waals surface area (Å²) in [6.45, 7) is 4.92. The second-order valence-electron chi connectivity index (χ2n) is 6.83. The molecule has 0 aliphatic heterocycles. The molecule has 2 N–H and O–H groups in total. The average molecular weight is 419 g/mol. The van der Waals surface area contributed by atoms with Crippen LogP contribution < -0.4 is 0 Å². The Morgan fingerprint density at radius 3 is 2.44 bits per heavy atom. The van der Waals surface area contributed by atoms with Gasteiger partial charge >= 0.3 is 11.9 Å². The quantitative estimate of drug-likeness (QED) is 0.465. The molecule has 0 aromatic heterocycles. The van der Waals surface area contributed by atoms with E-state index in [1.165, 1.54) is 0 Å². The molecule has 0 aliphatic carbocycles. The molecule has 2 atom stereocenters. The first kappa shape index (κ1) is 23.4. The fourth-order valence-corrected chi connectivity index (χ4v) is 2.34. The molecule has 27 heavy (non-hydrogen) atoms. The van der Waals surface area contributed by atoms with Gasteiger partial charge in [0, 0.05) is 6.61 Å². The lowest BCUT2D eigenvalue weighted by Gasteiger charge is -2.24. The van der Waals surface area contributed by atoms with E-state index in [1.54, 1.807) is 32.9 Å². The van der Waals surface area contributed by atoms with E-state index in [4.69, 9.17) is 37.8 Å². The number of unbranched alkanes of at least 4 members (excludes halogenated alkanes) is 1. The third-order valence-electron chi connectivity index (χ3n) is 3.24. The van der Waals surface area contributed by atoms with Crippen LogP contribution in [-0.4, -0.2) is 46.6 Å². The van der Waals surface area contributed by atoms with Gasteiger partial charge in [-0.2, -0.15) is 0 Å². The molecule has 6 nitrogen and oxygen atoms in total. The second-order valence-corrected chi connectivity index (χ2v) is 7.64. The number of benzene rings is 1. The number of esters is 1. The molecule has 150 valence electrons. The number of rotatable bonds is 9. The molecule has 1 aromatic carbocycles.